The Hall–Kier alpha value is -3.36. The van der Waals surface area contributed by atoms with Gasteiger partial charge in [-0.1, -0.05) is 89.0 Å². The molecule has 6 rings (SSSR count). The summed E-state index contributed by atoms with van der Waals surface area (Å²) >= 11 is 6.89. The molecule has 1 saturated carbocycles. The van der Waals surface area contributed by atoms with Gasteiger partial charge in [0.25, 0.3) is 14.0 Å². The number of ether oxygens (including phenoxy) is 1. The van der Waals surface area contributed by atoms with Crippen LogP contribution in [-0.2, 0) is 13.6 Å². The third-order valence-corrected chi connectivity index (χ3v) is 20.7. The van der Waals surface area contributed by atoms with Crippen LogP contribution in [0.5, 0.6) is 0 Å². The van der Waals surface area contributed by atoms with Crippen LogP contribution in [0.4, 0.5) is 16.4 Å². The summed E-state index contributed by atoms with van der Waals surface area (Å²) in [6.45, 7) is 24.5. The van der Waals surface area contributed by atoms with E-state index < -0.39 is 28.3 Å². The molecule has 1 aliphatic heterocycles. The lowest BCUT2D eigenvalue weighted by atomic mass is 9.98. The van der Waals surface area contributed by atoms with Crippen molar-refractivity contribution in [1.29, 1.82) is 0 Å². The summed E-state index contributed by atoms with van der Waals surface area (Å²) in [4.78, 5) is 28.9. The number of fused-ring (bicyclic) bond motifs is 6. The van der Waals surface area contributed by atoms with Crippen LogP contribution < -0.4 is 19.8 Å². The quantitative estimate of drug-likeness (QED) is 0.127. The summed E-state index contributed by atoms with van der Waals surface area (Å²) in [6.07, 6.45) is 5.65. The van der Waals surface area contributed by atoms with Crippen molar-refractivity contribution >= 4 is 73.7 Å². The minimum Gasteiger partial charge on any atom is -0.434 e. The molecule has 0 radical (unpaired) electrons. The molecule has 9 nitrogen and oxygen atoms in total. The number of nitrogens with one attached hydrogen (secondary N) is 1. The van der Waals surface area contributed by atoms with Crippen LogP contribution in [0.1, 0.15) is 81.6 Å². The zero-order chi connectivity index (χ0) is 37.9. The van der Waals surface area contributed by atoms with E-state index in [1.807, 2.05) is 43.5 Å². The fraction of sp³-hybridized carbons (Fsp3) is 0.500. The van der Waals surface area contributed by atoms with Gasteiger partial charge in [-0.15, -0.1) is 9.88 Å². The Kier molecular flexibility index (Phi) is 10.2. The fourth-order valence-corrected chi connectivity index (χ4v) is 13.6. The van der Waals surface area contributed by atoms with Gasteiger partial charge in [0.15, 0.2) is 20.2 Å². The summed E-state index contributed by atoms with van der Waals surface area (Å²) in [6, 6.07) is 18.8. The van der Waals surface area contributed by atoms with Crippen molar-refractivity contribution in [2.45, 2.75) is 116 Å². The van der Waals surface area contributed by atoms with E-state index in [1.54, 1.807) is 6.33 Å². The number of amides is 1. The lowest BCUT2D eigenvalue weighted by Crippen LogP contribution is -2.66. The number of halogens is 1. The molecular weight excluding hydrogens is 706 g/mol. The second kappa shape index (κ2) is 13.8. The number of imidazole rings is 1. The SMILES string of the molecule is CC(C)(C)OC(=O)N1c2cccc(c2)[Si](c2ccccc2)(C(C)(C)C)OCCC2C(=C[n+]3c1nc(Cl)c1[nH]cnc13)CCC2O[Si](C)(C)C(C)(C)C. The van der Waals surface area contributed by atoms with E-state index in [0.717, 1.165) is 24.4 Å². The molecule has 2 aromatic carbocycles. The number of hydrogen-bond acceptors (Lipinski definition) is 6. The summed E-state index contributed by atoms with van der Waals surface area (Å²) < 4.78 is 22.7. The van der Waals surface area contributed by atoms with Crippen molar-refractivity contribution < 1.29 is 23.0 Å². The average Bonchev–Trinajstić information content (AvgIpc) is 3.67. The highest BCUT2D eigenvalue weighted by molar-refractivity contribution is 6.99. The Morgan fingerprint density at radius 1 is 1.00 bits per heavy atom. The monoisotopic (exact) mass is 760 g/mol. The maximum atomic E-state index is 14.5. The molecule has 0 saturated heterocycles. The lowest BCUT2D eigenvalue weighted by molar-refractivity contribution is -0.530. The number of rotatable bonds is 3. The number of benzene rings is 2. The molecule has 3 atom stereocenters. The Labute approximate surface area is 316 Å². The number of aromatic amines is 1. The van der Waals surface area contributed by atoms with Gasteiger partial charge in [-0.2, -0.15) is 4.57 Å². The van der Waals surface area contributed by atoms with Crippen molar-refractivity contribution in [2.24, 2.45) is 5.92 Å². The smallest absolute Gasteiger partial charge is 0.434 e. The van der Waals surface area contributed by atoms with Crippen molar-refractivity contribution in [2.75, 3.05) is 11.5 Å². The molecule has 1 aliphatic carbocycles. The zero-order valence-electron chi connectivity index (χ0n) is 32.6. The summed E-state index contributed by atoms with van der Waals surface area (Å²) in [5.74, 6) is 0.361. The maximum absolute atomic E-state index is 14.5. The fourth-order valence-electron chi connectivity index (χ4n) is 7.42. The summed E-state index contributed by atoms with van der Waals surface area (Å²) in [7, 11) is -5.15. The molecule has 1 amide bonds. The Bertz CT molecular complexity index is 1980. The molecule has 12 heteroatoms. The Morgan fingerprint density at radius 3 is 2.35 bits per heavy atom. The average molecular weight is 762 g/mol. The van der Waals surface area contributed by atoms with E-state index >= 15 is 0 Å². The third kappa shape index (κ3) is 7.14. The first-order valence-electron chi connectivity index (χ1n) is 18.4. The van der Waals surface area contributed by atoms with E-state index in [0.29, 0.717) is 29.4 Å². The number of carbonyl (C=O) groups excluding carboxylic acids is 1. The molecule has 278 valence electrons. The largest absolute Gasteiger partial charge is 0.468 e. The molecule has 4 aromatic rings. The molecule has 2 aromatic heterocycles. The number of carbonyl (C=O) groups is 1. The van der Waals surface area contributed by atoms with Crippen LogP contribution in [0.25, 0.3) is 17.4 Å². The van der Waals surface area contributed by atoms with E-state index in [9.17, 15) is 4.79 Å². The predicted octanol–water partition coefficient (Wildman–Crippen LogP) is 8.89. The van der Waals surface area contributed by atoms with Crippen LogP contribution in [0, 0.1) is 5.92 Å². The summed E-state index contributed by atoms with van der Waals surface area (Å²) in [5, 5.41) is 2.21. The zero-order valence-corrected chi connectivity index (χ0v) is 35.4. The standard InChI is InChI=1S/C40H54ClN5O4Si2/c1-38(2,3)49-37(47)46-28-16-15-19-30(24-28)52(40(7,8)9,29-17-13-12-14-18-29)48-23-22-31-27(20-21-32(31)50-51(10,11)39(4,5)6)25-45-35-33(42-26-43-35)34(41)44-36(45)46/h12-19,24-26,31-32H,20-23H2,1-11H3/p+1. The second-order valence-corrected chi connectivity index (χ2v) is 27.2. The van der Waals surface area contributed by atoms with Gasteiger partial charge in [-0.25, -0.2) is 4.79 Å². The van der Waals surface area contributed by atoms with Gasteiger partial charge in [-0.3, -0.25) is 0 Å². The molecular formula is C40H55ClN5O4Si2+. The number of H-pyrrole nitrogens is 1. The van der Waals surface area contributed by atoms with Gasteiger partial charge in [0.05, 0.1) is 18.0 Å². The Balaban J connectivity index is 1.66. The topological polar surface area (TPSA) is 93.5 Å². The molecule has 2 bridgehead atoms. The normalized spacial score (nSPS) is 21.8. The minimum absolute atomic E-state index is 0.0188. The molecule has 0 spiro atoms. The van der Waals surface area contributed by atoms with Gasteiger partial charge in [0, 0.05) is 12.5 Å². The van der Waals surface area contributed by atoms with E-state index in [4.69, 9.17) is 35.2 Å². The van der Waals surface area contributed by atoms with Crippen molar-refractivity contribution in [3.63, 3.8) is 0 Å². The third-order valence-electron chi connectivity index (χ3n) is 10.9. The van der Waals surface area contributed by atoms with Crippen LogP contribution in [0.3, 0.4) is 0 Å². The highest BCUT2D eigenvalue weighted by Crippen LogP contribution is 2.45. The number of hydrogen-bond donors (Lipinski definition) is 1. The highest BCUT2D eigenvalue weighted by atomic mass is 35.5. The van der Waals surface area contributed by atoms with Crippen molar-refractivity contribution in [3.05, 3.63) is 71.7 Å². The minimum atomic E-state index is -3.03. The number of aromatic nitrogens is 4. The van der Waals surface area contributed by atoms with E-state index in [-0.39, 0.29) is 27.3 Å². The van der Waals surface area contributed by atoms with Crippen molar-refractivity contribution in [3.8, 4) is 0 Å². The van der Waals surface area contributed by atoms with Gasteiger partial charge in [0.2, 0.25) is 5.15 Å². The highest BCUT2D eigenvalue weighted by Gasteiger charge is 2.52. The molecule has 3 unspecified atom stereocenters. The predicted molar refractivity (Wildman–Crippen MR) is 215 cm³/mol. The van der Waals surface area contributed by atoms with E-state index in [1.165, 1.54) is 15.7 Å². The van der Waals surface area contributed by atoms with Crippen LogP contribution in [0.2, 0.25) is 28.3 Å². The molecule has 52 heavy (non-hydrogen) atoms. The van der Waals surface area contributed by atoms with Gasteiger partial charge >= 0.3 is 12.0 Å². The van der Waals surface area contributed by atoms with Crippen LogP contribution in [-0.4, -0.2) is 56.0 Å². The van der Waals surface area contributed by atoms with Crippen molar-refractivity contribution in [1.82, 2.24) is 15.0 Å². The van der Waals surface area contributed by atoms with Crippen LogP contribution >= 0.6 is 11.6 Å². The molecule has 1 N–H and O–H groups in total. The van der Waals surface area contributed by atoms with Gasteiger partial charge < -0.3 is 18.6 Å². The first-order valence-corrected chi connectivity index (χ1v) is 23.6. The maximum Gasteiger partial charge on any atom is 0.468 e. The number of anilines is 2. The molecule has 1 fully saturated rings. The lowest BCUT2D eigenvalue weighted by Gasteiger charge is -2.43. The number of nitrogens with zero attached hydrogens (tertiary/aromatic N) is 4. The molecule has 3 heterocycles. The summed E-state index contributed by atoms with van der Waals surface area (Å²) in [5.41, 5.74) is 2.17. The first kappa shape index (κ1) is 38.4. The second-order valence-electron chi connectivity index (χ2n) is 17.7. The molecule has 2 aliphatic rings. The van der Waals surface area contributed by atoms with Gasteiger partial charge in [0.1, 0.15) is 5.60 Å². The van der Waals surface area contributed by atoms with Gasteiger partial charge in [-0.05, 0) is 103 Å². The Morgan fingerprint density at radius 2 is 1.69 bits per heavy atom. The first-order chi connectivity index (χ1) is 24.2. The van der Waals surface area contributed by atoms with Crippen LogP contribution in [0.15, 0.2) is 66.5 Å². The van der Waals surface area contributed by atoms with E-state index in [2.05, 4.69) is 102 Å².